The summed E-state index contributed by atoms with van der Waals surface area (Å²) in [5.41, 5.74) is 5.18. The molecule has 4 rings (SSSR count). The highest BCUT2D eigenvalue weighted by atomic mass is 35.5. The molecular formula is C14H11ClN2. The largest absolute Gasteiger partial charge is 0.313 e. The van der Waals surface area contributed by atoms with Crippen LogP contribution in [0.15, 0.2) is 30.6 Å². The molecule has 0 unspecified atom stereocenters. The van der Waals surface area contributed by atoms with E-state index in [4.69, 9.17) is 11.6 Å². The van der Waals surface area contributed by atoms with Crippen LogP contribution in [0.1, 0.15) is 17.7 Å². The molecule has 0 N–H and O–H groups in total. The summed E-state index contributed by atoms with van der Waals surface area (Å²) in [5.74, 6) is 0. The van der Waals surface area contributed by atoms with Gasteiger partial charge in [-0.1, -0.05) is 11.6 Å². The van der Waals surface area contributed by atoms with Crippen molar-refractivity contribution >= 4 is 28.0 Å². The second kappa shape index (κ2) is 3.23. The quantitative estimate of drug-likeness (QED) is 0.589. The number of halogens is 1. The van der Waals surface area contributed by atoms with E-state index in [-0.39, 0.29) is 0 Å². The van der Waals surface area contributed by atoms with Crippen LogP contribution < -0.4 is 0 Å². The van der Waals surface area contributed by atoms with Gasteiger partial charge in [-0.2, -0.15) is 0 Å². The summed E-state index contributed by atoms with van der Waals surface area (Å²) in [6, 6.07) is 6.13. The van der Waals surface area contributed by atoms with Crippen LogP contribution in [0, 0.1) is 0 Å². The number of benzene rings is 1. The third-order valence-corrected chi connectivity index (χ3v) is 3.86. The molecule has 0 aliphatic heterocycles. The van der Waals surface area contributed by atoms with Crippen LogP contribution >= 0.6 is 11.6 Å². The van der Waals surface area contributed by atoms with Crippen molar-refractivity contribution in [2.75, 3.05) is 0 Å². The normalized spacial score (nSPS) is 14.6. The van der Waals surface area contributed by atoms with Crippen LogP contribution in [0.5, 0.6) is 0 Å². The first-order valence-electron chi connectivity index (χ1n) is 5.90. The topological polar surface area (TPSA) is 17.3 Å². The van der Waals surface area contributed by atoms with E-state index in [2.05, 4.69) is 21.5 Å². The summed E-state index contributed by atoms with van der Waals surface area (Å²) in [5, 5.41) is 2.09. The number of aromatic nitrogens is 2. The Morgan fingerprint density at radius 3 is 3.12 bits per heavy atom. The van der Waals surface area contributed by atoms with Crippen LogP contribution in [0.3, 0.4) is 0 Å². The lowest BCUT2D eigenvalue weighted by atomic mass is 9.98. The number of aryl methyl sites for hydroxylation is 2. The number of rotatable bonds is 0. The summed E-state index contributed by atoms with van der Waals surface area (Å²) >= 11 is 6.11. The molecule has 2 aromatic heterocycles. The minimum absolute atomic E-state index is 0.810. The van der Waals surface area contributed by atoms with Crippen LogP contribution in [0.25, 0.3) is 16.4 Å². The van der Waals surface area contributed by atoms with Gasteiger partial charge in [0.2, 0.25) is 0 Å². The van der Waals surface area contributed by atoms with Crippen molar-refractivity contribution < 1.29 is 0 Å². The van der Waals surface area contributed by atoms with Gasteiger partial charge in [0.1, 0.15) is 0 Å². The predicted molar refractivity (Wildman–Crippen MR) is 69.7 cm³/mol. The summed E-state index contributed by atoms with van der Waals surface area (Å²) in [6.07, 6.45) is 7.34. The Balaban J connectivity index is 2.31. The summed E-state index contributed by atoms with van der Waals surface area (Å²) in [6.45, 7) is 0. The molecule has 2 nitrogen and oxygen atoms in total. The maximum Gasteiger partial charge on any atom is 0.0710 e. The Morgan fingerprint density at radius 2 is 2.18 bits per heavy atom. The molecule has 0 saturated carbocycles. The van der Waals surface area contributed by atoms with E-state index >= 15 is 0 Å². The predicted octanol–water partition coefficient (Wildman–Crippen LogP) is 3.63. The van der Waals surface area contributed by atoms with E-state index in [1.54, 1.807) is 0 Å². The van der Waals surface area contributed by atoms with E-state index in [9.17, 15) is 0 Å². The van der Waals surface area contributed by atoms with E-state index in [0.29, 0.717) is 0 Å². The minimum Gasteiger partial charge on any atom is -0.313 e. The van der Waals surface area contributed by atoms with Gasteiger partial charge in [-0.25, -0.2) is 0 Å². The molecule has 2 heterocycles. The lowest BCUT2D eigenvalue weighted by Gasteiger charge is -2.11. The van der Waals surface area contributed by atoms with Crippen LogP contribution in [0.4, 0.5) is 0 Å². The van der Waals surface area contributed by atoms with Crippen molar-refractivity contribution in [3.63, 3.8) is 0 Å². The average molecular weight is 243 g/mol. The van der Waals surface area contributed by atoms with Gasteiger partial charge in [0, 0.05) is 22.8 Å². The minimum atomic E-state index is 0.810. The van der Waals surface area contributed by atoms with E-state index in [1.165, 1.54) is 34.1 Å². The number of hydrogen-bond acceptors (Lipinski definition) is 1. The second-order valence-corrected chi connectivity index (χ2v) is 5.02. The maximum atomic E-state index is 6.11. The molecule has 17 heavy (non-hydrogen) atoms. The van der Waals surface area contributed by atoms with Gasteiger partial charge in [-0.05, 0) is 43.0 Å². The molecule has 0 radical (unpaired) electrons. The Bertz CT molecular complexity index is 743. The molecule has 1 aliphatic rings. The van der Waals surface area contributed by atoms with Crippen molar-refractivity contribution in [3.8, 4) is 0 Å². The molecular weight excluding hydrogens is 232 g/mol. The summed E-state index contributed by atoms with van der Waals surface area (Å²) < 4.78 is 2.25. The van der Waals surface area contributed by atoms with Crippen molar-refractivity contribution in [2.45, 2.75) is 19.3 Å². The van der Waals surface area contributed by atoms with Crippen molar-refractivity contribution in [2.24, 2.45) is 0 Å². The zero-order valence-electron chi connectivity index (χ0n) is 9.28. The molecule has 1 aliphatic carbocycles. The number of fused-ring (bicyclic) bond motifs is 3. The van der Waals surface area contributed by atoms with Crippen LogP contribution in [-0.4, -0.2) is 9.38 Å². The Kier molecular flexibility index (Phi) is 1.80. The molecule has 0 fully saturated rings. The fourth-order valence-electron chi connectivity index (χ4n) is 2.94. The van der Waals surface area contributed by atoms with Gasteiger partial charge < -0.3 is 4.40 Å². The number of nitrogens with zero attached hydrogens (tertiary/aromatic N) is 2. The molecule has 0 saturated heterocycles. The monoisotopic (exact) mass is 242 g/mol. The number of hydrogen-bond donors (Lipinski definition) is 0. The highest BCUT2D eigenvalue weighted by Gasteiger charge is 2.19. The first kappa shape index (κ1) is 9.49. The van der Waals surface area contributed by atoms with E-state index in [1.807, 2.05) is 18.5 Å². The van der Waals surface area contributed by atoms with Gasteiger partial charge in [0.15, 0.2) is 0 Å². The third-order valence-electron chi connectivity index (χ3n) is 3.63. The van der Waals surface area contributed by atoms with Crippen molar-refractivity contribution in [3.05, 3.63) is 46.9 Å². The SMILES string of the molecule is Clc1ccc2c(c1)c1c3c(nccn32)CCC1. The Hall–Kier alpha value is -1.54. The fourth-order valence-corrected chi connectivity index (χ4v) is 3.11. The highest BCUT2D eigenvalue weighted by molar-refractivity contribution is 6.31. The van der Waals surface area contributed by atoms with Gasteiger partial charge in [-0.15, -0.1) is 0 Å². The third kappa shape index (κ3) is 1.19. The lowest BCUT2D eigenvalue weighted by molar-refractivity contribution is 0.780. The average Bonchev–Trinajstić information content (AvgIpc) is 2.67. The highest BCUT2D eigenvalue weighted by Crippen LogP contribution is 2.34. The molecule has 3 aromatic rings. The first-order valence-corrected chi connectivity index (χ1v) is 6.28. The molecule has 0 spiro atoms. The van der Waals surface area contributed by atoms with Gasteiger partial charge in [0.05, 0.1) is 16.7 Å². The maximum absolute atomic E-state index is 6.11. The standard InChI is InChI=1S/C14H11ClN2/c15-9-4-5-13-11(8-9)10-2-1-3-12-14(10)17(13)7-6-16-12/h4-8H,1-3H2. The Labute approximate surface area is 104 Å². The van der Waals surface area contributed by atoms with Gasteiger partial charge >= 0.3 is 0 Å². The smallest absolute Gasteiger partial charge is 0.0710 e. The van der Waals surface area contributed by atoms with Crippen LogP contribution in [0.2, 0.25) is 5.02 Å². The lowest BCUT2D eigenvalue weighted by Crippen LogP contribution is -2.03. The van der Waals surface area contributed by atoms with E-state index in [0.717, 1.165) is 17.9 Å². The second-order valence-electron chi connectivity index (χ2n) is 4.59. The van der Waals surface area contributed by atoms with Gasteiger partial charge in [-0.3, -0.25) is 4.98 Å². The molecule has 84 valence electrons. The Morgan fingerprint density at radius 1 is 1.24 bits per heavy atom. The zero-order chi connectivity index (χ0) is 11.4. The van der Waals surface area contributed by atoms with Gasteiger partial charge in [0.25, 0.3) is 0 Å². The summed E-state index contributed by atoms with van der Waals surface area (Å²) in [7, 11) is 0. The van der Waals surface area contributed by atoms with Crippen molar-refractivity contribution in [1.82, 2.24) is 9.38 Å². The van der Waals surface area contributed by atoms with E-state index < -0.39 is 0 Å². The summed E-state index contributed by atoms with van der Waals surface area (Å²) in [4.78, 5) is 4.50. The molecule has 0 bridgehead atoms. The molecule has 3 heteroatoms. The first-order chi connectivity index (χ1) is 8.34. The van der Waals surface area contributed by atoms with Crippen molar-refractivity contribution in [1.29, 1.82) is 0 Å². The zero-order valence-corrected chi connectivity index (χ0v) is 10.0. The van der Waals surface area contributed by atoms with Crippen LogP contribution in [-0.2, 0) is 12.8 Å². The molecule has 1 aromatic carbocycles. The molecule has 0 atom stereocenters. The molecule has 0 amide bonds. The fraction of sp³-hybridized carbons (Fsp3) is 0.214.